The van der Waals surface area contributed by atoms with Crippen LogP contribution in [0.15, 0.2) is 35.1 Å². The molecule has 1 saturated heterocycles. The summed E-state index contributed by atoms with van der Waals surface area (Å²) in [6, 6.07) is 6.17. The van der Waals surface area contributed by atoms with E-state index in [0.717, 1.165) is 55.5 Å². The Bertz CT molecular complexity index is 995. The van der Waals surface area contributed by atoms with Crippen LogP contribution in [0.25, 0.3) is 11.6 Å². The number of methoxy groups -OCH3 is 1. The Hall–Kier alpha value is -3.00. The van der Waals surface area contributed by atoms with E-state index in [1.807, 2.05) is 26.8 Å². The summed E-state index contributed by atoms with van der Waals surface area (Å²) in [5, 5.41) is 4.20. The molecule has 8 heteroatoms. The van der Waals surface area contributed by atoms with Crippen LogP contribution >= 0.6 is 0 Å². The molecule has 3 aromatic rings. The molecular weight excluding hydrogens is 394 g/mol. The molecular formula is C23H29N5O3. The SMILES string of the molecule is COc1cc(CN2CCC(c3noc(-c4cnc(C)cn4)n3)CC2)ccc1OC(C)C. The average Bonchev–Trinajstić information content (AvgIpc) is 3.26. The van der Waals surface area contributed by atoms with Gasteiger partial charge in [-0.3, -0.25) is 9.88 Å². The molecule has 2 aromatic heterocycles. The molecule has 164 valence electrons. The van der Waals surface area contributed by atoms with Gasteiger partial charge < -0.3 is 14.0 Å². The van der Waals surface area contributed by atoms with E-state index in [4.69, 9.17) is 14.0 Å². The summed E-state index contributed by atoms with van der Waals surface area (Å²) in [5.74, 6) is 3.05. The zero-order chi connectivity index (χ0) is 21.8. The van der Waals surface area contributed by atoms with Crippen LogP contribution in [-0.4, -0.2) is 51.3 Å². The molecule has 8 nitrogen and oxygen atoms in total. The van der Waals surface area contributed by atoms with Crippen molar-refractivity contribution < 1.29 is 14.0 Å². The molecule has 1 fully saturated rings. The summed E-state index contributed by atoms with van der Waals surface area (Å²) in [5.41, 5.74) is 2.68. The highest BCUT2D eigenvalue weighted by Gasteiger charge is 2.25. The first-order valence-corrected chi connectivity index (χ1v) is 10.7. The first-order chi connectivity index (χ1) is 15.0. The molecule has 0 amide bonds. The molecule has 31 heavy (non-hydrogen) atoms. The van der Waals surface area contributed by atoms with E-state index in [-0.39, 0.29) is 6.10 Å². The van der Waals surface area contributed by atoms with Gasteiger partial charge in [0.05, 0.1) is 25.1 Å². The third-order valence-electron chi connectivity index (χ3n) is 5.39. The molecule has 1 aromatic carbocycles. The number of ether oxygens (including phenoxy) is 2. The maximum Gasteiger partial charge on any atom is 0.278 e. The van der Waals surface area contributed by atoms with Crippen LogP contribution in [0.1, 0.15) is 49.7 Å². The number of nitrogens with zero attached hydrogens (tertiary/aromatic N) is 5. The first-order valence-electron chi connectivity index (χ1n) is 10.7. The van der Waals surface area contributed by atoms with Gasteiger partial charge in [0, 0.05) is 18.7 Å². The molecule has 1 aliphatic rings. The lowest BCUT2D eigenvalue weighted by Gasteiger charge is -2.30. The molecule has 0 aliphatic carbocycles. The Balaban J connectivity index is 1.34. The molecule has 0 atom stereocenters. The summed E-state index contributed by atoms with van der Waals surface area (Å²) >= 11 is 0. The quantitative estimate of drug-likeness (QED) is 0.563. The van der Waals surface area contributed by atoms with Gasteiger partial charge in [-0.2, -0.15) is 4.98 Å². The summed E-state index contributed by atoms with van der Waals surface area (Å²) in [6.07, 6.45) is 5.46. The van der Waals surface area contributed by atoms with Crippen molar-refractivity contribution in [2.45, 2.75) is 52.2 Å². The van der Waals surface area contributed by atoms with E-state index in [9.17, 15) is 0 Å². The summed E-state index contributed by atoms with van der Waals surface area (Å²) in [7, 11) is 1.68. The number of rotatable bonds is 7. The number of benzene rings is 1. The Morgan fingerprint density at radius 1 is 1.13 bits per heavy atom. The van der Waals surface area contributed by atoms with Crippen LogP contribution in [0.3, 0.4) is 0 Å². The minimum Gasteiger partial charge on any atom is -0.493 e. The Morgan fingerprint density at radius 3 is 2.61 bits per heavy atom. The highest BCUT2D eigenvalue weighted by atomic mass is 16.5. The fourth-order valence-electron chi connectivity index (χ4n) is 3.78. The predicted molar refractivity (Wildman–Crippen MR) is 116 cm³/mol. The van der Waals surface area contributed by atoms with Crippen molar-refractivity contribution >= 4 is 0 Å². The van der Waals surface area contributed by atoms with Crippen molar-refractivity contribution in [1.82, 2.24) is 25.0 Å². The van der Waals surface area contributed by atoms with E-state index in [1.165, 1.54) is 5.56 Å². The third kappa shape index (κ3) is 5.19. The molecule has 0 bridgehead atoms. The number of likely N-dealkylation sites (tertiary alicyclic amines) is 1. The second kappa shape index (κ2) is 9.43. The third-order valence-corrected chi connectivity index (χ3v) is 5.39. The van der Waals surface area contributed by atoms with Crippen LogP contribution in [-0.2, 0) is 6.54 Å². The number of hydrogen-bond donors (Lipinski definition) is 0. The lowest BCUT2D eigenvalue weighted by molar-refractivity contribution is 0.199. The van der Waals surface area contributed by atoms with Gasteiger partial charge in [0.2, 0.25) is 0 Å². The molecule has 0 saturated carbocycles. The number of hydrogen-bond acceptors (Lipinski definition) is 8. The van der Waals surface area contributed by atoms with Gasteiger partial charge in [-0.25, -0.2) is 4.98 Å². The molecule has 0 unspecified atom stereocenters. The molecule has 0 spiro atoms. The largest absolute Gasteiger partial charge is 0.493 e. The van der Waals surface area contributed by atoms with Crippen molar-refractivity contribution in [3.63, 3.8) is 0 Å². The normalized spacial score (nSPS) is 15.4. The minimum atomic E-state index is 0.113. The second-order valence-electron chi connectivity index (χ2n) is 8.20. The number of aryl methyl sites for hydroxylation is 1. The summed E-state index contributed by atoms with van der Waals surface area (Å²) < 4.78 is 16.8. The van der Waals surface area contributed by atoms with Crippen LogP contribution in [0.5, 0.6) is 11.5 Å². The van der Waals surface area contributed by atoms with Crippen molar-refractivity contribution in [1.29, 1.82) is 0 Å². The maximum atomic E-state index is 5.81. The van der Waals surface area contributed by atoms with Gasteiger partial charge in [0.15, 0.2) is 17.3 Å². The van der Waals surface area contributed by atoms with Crippen LogP contribution < -0.4 is 9.47 Å². The molecule has 0 N–H and O–H groups in total. The zero-order valence-corrected chi connectivity index (χ0v) is 18.5. The van der Waals surface area contributed by atoms with E-state index in [2.05, 4.69) is 37.1 Å². The van der Waals surface area contributed by atoms with Gasteiger partial charge >= 0.3 is 0 Å². The predicted octanol–water partition coefficient (Wildman–Crippen LogP) is 4.01. The molecule has 1 aliphatic heterocycles. The smallest absolute Gasteiger partial charge is 0.278 e. The summed E-state index contributed by atoms with van der Waals surface area (Å²) in [4.78, 5) is 15.6. The Labute approximate surface area is 182 Å². The van der Waals surface area contributed by atoms with Crippen molar-refractivity contribution in [3.8, 4) is 23.1 Å². The molecule has 0 radical (unpaired) electrons. The van der Waals surface area contributed by atoms with Crippen molar-refractivity contribution in [2.75, 3.05) is 20.2 Å². The number of piperidine rings is 1. The van der Waals surface area contributed by atoms with Gasteiger partial charge in [0.25, 0.3) is 5.89 Å². The van der Waals surface area contributed by atoms with Gasteiger partial charge in [-0.15, -0.1) is 0 Å². The Morgan fingerprint density at radius 2 is 1.94 bits per heavy atom. The standard InChI is InChI=1S/C23H29N5O3/c1-15(2)30-20-6-5-17(11-21(20)29-4)14-28-9-7-18(8-10-28)22-26-23(31-27-22)19-13-24-16(3)12-25-19/h5-6,11-13,15,18H,7-10,14H2,1-4H3. The first kappa shape index (κ1) is 21.2. The lowest BCUT2D eigenvalue weighted by Crippen LogP contribution is -2.32. The molecule has 4 rings (SSSR count). The van der Waals surface area contributed by atoms with Crippen LogP contribution in [0.2, 0.25) is 0 Å². The topological polar surface area (TPSA) is 86.4 Å². The molecule has 3 heterocycles. The van der Waals surface area contributed by atoms with Gasteiger partial charge in [-0.1, -0.05) is 11.2 Å². The van der Waals surface area contributed by atoms with E-state index in [1.54, 1.807) is 19.5 Å². The summed E-state index contributed by atoms with van der Waals surface area (Å²) in [6.45, 7) is 8.75. The average molecular weight is 424 g/mol. The number of aromatic nitrogens is 4. The second-order valence-corrected chi connectivity index (χ2v) is 8.20. The minimum absolute atomic E-state index is 0.113. The van der Waals surface area contributed by atoms with Gasteiger partial charge in [-0.05, 0) is 64.4 Å². The van der Waals surface area contributed by atoms with E-state index in [0.29, 0.717) is 17.5 Å². The monoisotopic (exact) mass is 423 g/mol. The van der Waals surface area contributed by atoms with Crippen molar-refractivity contribution in [3.05, 3.63) is 47.7 Å². The van der Waals surface area contributed by atoms with E-state index < -0.39 is 0 Å². The van der Waals surface area contributed by atoms with Gasteiger partial charge in [0.1, 0.15) is 5.69 Å². The Kier molecular flexibility index (Phi) is 6.46. The lowest BCUT2D eigenvalue weighted by atomic mass is 9.96. The van der Waals surface area contributed by atoms with E-state index >= 15 is 0 Å². The zero-order valence-electron chi connectivity index (χ0n) is 18.5. The maximum absolute atomic E-state index is 5.81. The van der Waals surface area contributed by atoms with Crippen LogP contribution in [0, 0.1) is 6.92 Å². The highest BCUT2D eigenvalue weighted by molar-refractivity contribution is 5.44. The van der Waals surface area contributed by atoms with Crippen LogP contribution in [0.4, 0.5) is 0 Å². The fraction of sp³-hybridized carbons (Fsp3) is 0.478. The highest BCUT2D eigenvalue weighted by Crippen LogP contribution is 2.31. The fourth-order valence-corrected chi connectivity index (χ4v) is 3.78. The van der Waals surface area contributed by atoms with Crippen molar-refractivity contribution in [2.24, 2.45) is 0 Å².